The smallest absolute Gasteiger partial charge is 0.309 e. The SMILES string of the molecule is C.CN1CCN(C(=O)c2nc(-c3cccnc3)c(-c3ccc(F)cc3)o2)CC1. The molecule has 1 aliphatic heterocycles. The maximum atomic E-state index is 13.3. The van der Waals surface area contributed by atoms with Gasteiger partial charge in [0, 0.05) is 49.7 Å². The summed E-state index contributed by atoms with van der Waals surface area (Å²) in [6, 6.07) is 9.57. The average Bonchev–Trinajstić information content (AvgIpc) is 3.15. The van der Waals surface area contributed by atoms with Gasteiger partial charge in [0.25, 0.3) is 5.89 Å². The van der Waals surface area contributed by atoms with E-state index in [1.807, 2.05) is 13.1 Å². The van der Waals surface area contributed by atoms with E-state index in [4.69, 9.17) is 4.42 Å². The molecule has 0 unspecified atom stereocenters. The van der Waals surface area contributed by atoms with Crippen molar-refractivity contribution in [3.63, 3.8) is 0 Å². The monoisotopic (exact) mass is 382 g/mol. The van der Waals surface area contributed by atoms with Crippen molar-refractivity contribution in [2.24, 2.45) is 0 Å². The van der Waals surface area contributed by atoms with E-state index >= 15 is 0 Å². The third-order valence-electron chi connectivity index (χ3n) is 4.64. The minimum Gasteiger partial charge on any atom is -0.432 e. The zero-order valence-corrected chi connectivity index (χ0v) is 14.9. The maximum absolute atomic E-state index is 13.3. The number of halogens is 1. The molecule has 0 spiro atoms. The number of carbonyl (C=O) groups excluding carboxylic acids is 1. The van der Waals surface area contributed by atoms with Crippen LogP contribution in [0.5, 0.6) is 0 Å². The summed E-state index contributed by atoms with van der Waals surface area (Å²) in [6.07, 6.45) is 3.33. The normalized spacial score (nSPS) is 14.6. The zero-order valence-electron chi connectivity index (χ0n) is 14.9. The van der Waals surface area contributed by atoms with Gasteiger partial charge >= 0.3 is 5.91 Å². The molecule has 0 atom stereocenters. The molecule has 0 N–H and O–H groups in total. The van der Waals surface area contributed by atoms with Crippen molar-refractivity contribution in [2.75, 3.05) is 33.2 Å². The molecular formula is C21H23FN4O2. The second-order valence-electron chi connectivity index (χ2n) is 6.54. The van der Waals surface area contributed by atoms with E-state index in [0.29, 0.717) is 30.1 Å². The van der Waals surface area contributed by atoms with Crippen LogP contribution in [0.1, 0.15) is 18.1 Å². The van der Waals surface area contributed by atoms with Gasteiger partial charge in [-0.1, -0.05) is 7.43 Å². The summed E-state index contributed by atoms with van der Waals surface area (Å²) in [7, 11) is 2.03. The van der Waals surface area contributed by atoms with Gasteiger partial charge in [-0.2, -0.15) is 0 Å². The van der Waals surface area contributed by atoms with Crippen molar-refractivity contribution < 1.29 is 13.6 Å². The third kappa shape index (κ3) is 3.94. The molecule has 28 heavy (non-hydrogen) atoms. The van der Waals surface area contributed by atoms with Gasteiger partial charge in [-0.3, -0.25) is 9.78 Å². The number of hydrogen-bond acceptors (Lipinski definition) is 5. The predicted octanol–water partition coefficient (Wildman–Crippen LogP) is 3.57. The third-order valence-corrected chi connectivity index (χ3v) is 4.64. The lowest BCUT2D eigenvalue weighted by Gasteiger charge is -2.31. The molecule has 0 saturated carbocycles. The number of nitrogens with zero attached hydrogens (tertiary/aromatic N) is 4. The molecular weight excluding hydrogens is 359 g/mol. The fourth-order valence-electron chi connectivity index (χ4n) is 3.05. The second-order valence-corrected chi connectivity index (χ2v) is 6.54. The number of likely N-dealkylation sites (N-methyl/N-ethyl adjacent to an activating group) is 1. The molecule has 4 rings (SSSR count). The van der Waals surface area contributed by atoms with Crippen molar-refractivity contribution >= 4 is 5.91 Å². The number of benzene rings is 1. The standard InChI is InChI=1S/C20H19FN4O2.CH4/c1-24-9-11-25(12-10-24)20(26)19-23-17(15-3-2-8-22-13-15)18(27-19)14-4-6-16(21)7-5-14;/h2-8,13H,9-12H2,1H3;1H4. The highest BCUT2D eigenvalue weighted by molar-refractivity contribution is 5.92. The molecule has 1 aromatic carbocycles. The van der Waals surface area contributed by atoms with Crippen LogP contribution in [0.4, 0.5) is 4.39 Å². The van der Waals surface area contributed by atoms with Crippen molar-refractivity contribution in [3.05, 3.63) is 60.5 Å². The molecule has 7 heteroatoms. The van der Waals surface area contributed by atoms with Crippen LogP contribution in [0.25, 0.3) is 22.6 Å². The molecule has 6 nitrogen and oxygen atoms in total. The number of pyridine rings is 1. The number of aromatic nitrogens is 2. The van der Waals surface area contributed by atoms with Crippen LogP contribution >= 0.6 is 0 Å². The van der Waals surface area contributed by atoms with E-state index < -0.39 is 0 Å². The summed E-state index contributed by atoms with van der Waals surface area (Å²) in [5.74, 6) is -0.102. The Morgan fingerprint density at radius 3 is 2.43 bits per heavy atom. The first-order chi connectivity index (χ1) is 13.1. The van der Waals surface area contributed by atoms with Gasteiger partial charge in [0.1, 0.15) is 11.5 Å². The average molecular weight is 382 g/mol. The van der Waals surface area contributed by atoms with Crippen LogP contribution < -0.4 is 0 Å². The Morgan fingerprint density at radius 1 is 1.07 bits per heavy atom. The van der Waals surface area contributed by atoms with E-state index in [-0.39, 0.29) is 25.0 Å². The number of oxazole rings is 1. The van der Waals surface area contributed by atoms with Crippen LogP contribution in [-0.4, -0.2) is 58.9 Å². The van der Waals surface area contributed by atoms with Gasteiger partial charge < -0.3 is 14.2 Å². The number of amides is 1. The summed E-state index contributed by atoms with van der Waals surface area (Å²) < 4.78 is 19.2. The van der Waals surface area contributed by atoms with E-state index in [2.05, 4.69) is 14.9 Å². The number of rotatable bonds is 3. The van der Waals surface area contributed by atoms with Crippen molar-refractivity contribution in [2.45, 2.75) is 7.43 Å². The van der Waals surface area contributed by atoms with Gasteiger partial charge in [0.2, 0.25) is 0 Å². The fraction of sp³-hybridized carbons (Fsp3) is 0.286. The minimum atomic E-state index is -0.338. The van der Waals surface area contributed by atoms with Crippen LogP contribution in [0, 0.1) is 5.82 Å². The maximum Gasteiger partial charge on any atom is 0.309 e. The summed E-state index contributed by atoms with van der Waals surface area (Å²) in [6.45, 7) is 2.89. The molecule has 1 fully saturated rings. The van der Waals surface area contributed by atoms with E-state index in [1.54, 1.807) is 35.5 Å². The molecule has 3 heterocycles. The molecule has 0 aliphatic carbocycles. The zero-order chi connectivity index (χ0) is 18.8. The van der Waals surface area contributed by atoms with E-state index in [0.717, 1.165) is 18.7 Å². The molecule has 1 aliphatic rings. The highest BCUT2D eigenvalue weighted by Crippen LogP contribution is 2.32. The summed E-state index contributed by atoms with van der Waals surface area (Å²) >= 11 is 0. The van der Waals surface area contributed by atoms with Crippen molar-refractivity contribution in [3.8, 4) is 22.6 Å². The largest absolute Gasteiger partial charge is 0.432 e. The van der Waals surface area contributed by atoms with E-state index in [9.17, 15) is 9.18 Å². The number of hydrogen-bond donors (Lipinski definition) is 0. The lowest BCUT2D eigenvalue weighted by Crippen LogP contribution is -2.47. The first-order valence-corrected chi connectivity index (χ1v) is 8.77. The fourth-order valence-corrected chi connectivity index (χ4v) is 3.05. The highest BCUT2D eigenvalue weighted by Gasteiger charge is 2.27. The Morgan fingerprint density at radius 2 is 1.79 bits per heavy atom. The summed E-state index contributed by atoms with van der Waals surface area (Å²) in [5, 5.41) is 0. The summed E-state index contributed by atoms with van der Waals surface area (Å²) in [5.41, 5.74) is 1.91. The quantitative estimate of drug-likeness (QED) is 0.693. The Kier molecular flexibility index (Phi) is 5.84. The molecule has 146 valence electrons. The Hall–Kier alpha value is -3.06. The first-order valence-electron chi connectivity index (χ1n) is 8.77. The minimum absolute atomic E-state index is 0. The van der Waals surface area contributed by atoms with Gasteiger partial charge in [-0.15, -0.1) is 0 Å². The Labute approximate surface area is 163 Å². The topological polar surface area (TPSA) is 62.5 Å². The molecule has 0 radical (unpaired) electrons. The number of carbonyl (C=O) groups is 1. The number of piperazine rings is 1. The lowest BCUT2D eigenvalue weighted by atomic mass is 10.1. The van der Waals surface area contributed by atoms with Crippen molar-refractivity contribution in [1.82, 2.24) is 19.8 Å². The predicted molar refractivity (Wildman–Crippen MR) is 105 cm³/mol. The second kappa shape index (κ2) is 8.31. The van der Waals surface area contributed by atoms with Gasteiger partial charge in [0.15, 0.2) is 5.76 Å². The van der Waals surface area contributed by atoms with Gasteiger partial charge in [0.05, 0.1) is 0 Å². The molecule has 0 bridgehead atoms. The van der Waals surface area contributed by atoms with Crippen LogP contribution in [0.3, 0.4) is 0 Å². The van der Waals surface area contributed by atoms with Gasteiger partial charge in [-0.05, 0) is 43.4 Å². The van der Waals surface area contributed by atoms with Crippen LogP contribution in [0.2, 0.25) is 0 Å². The first kappa shape index (κ1) is 19.7. The van der Waals surface area contributed by atoms with E-state index in [1.165, 1.54) is 12.1 Å². The Balaban J connectivity index is 0.00000225. The van der Waals surface area contributed by atoms with Gasteiger partial charge in [-0.25, -0.2) is 9.37 Å². The van der Waals surface area contributed by atoms with Crippen LogP contribution in [0.15, 0.2) is 53.2 Å². The van der Waals surface area contributed by atoms with Crippen LogP contribution in [-0.2, 0) is 0 Å². The lowest BCUT2D eigenvalue weighted by molar-refractivity contribution is 0.0625. The molecule has 1 saturated heterocycles. The molecule has 3 aromatic rings. The molecule has 1 amide bonds. The highest BCUT2D eigenvalue weighted by atomic mass is 19.1. The molecule has 2 aromatic heterocycles. The van der Waals surface area contributed by atoms with Crippen molar-refractivity contribution in [1.29, 1.82) is 0 Å². The Bertz CT molecular complexity index is 933. The summed E-state index contributed by atoms with van der Waals surface area (Å²) in [4.78, 5) is 25.4.